The summed E-state index contributed by atoms with van der Waals surface area (Å²) in [6.07, 6.45) is -0.216. The standard InChI is InChI=1S/C13H14N2O3S2/c1-2-14-12(18)10(7-11(16)17)20-13-15-8-5-3-4-6-9(8)19-13/h3-6,10H,2,7H2,1H3,(H,14,18)(H,16,17). The van der Waals surface area contributed by atoms with Gasteiger partial charge in [-0.2, -0.15) is 0 Å². The lowest BCUT2D eigenvalue weighted by Gasteiger charge is -2.11. The Morgan fingerprint density at radius 2 is 2.20 bits per heavy atom. The van der Waals surface area contributed by atoms with Crippen molar-refractivity contribution in [3.8, 4) is 0 Å². The number of aliphatic carboxylic acids is 1. The zero-order valence-corrected chi connectivity index (χ0v) is 12.5. The molecule has 0 saturated heterocycles. The summed E-state index contributed by atoms with van der Waals surface area (Å²) in [6.45, 7) is 2.29. The van der Waals surface area contributed by atoms with Gasteiger partial charge in [-0.15, -0.1) is 11.3 Å². The number of nitrogens with one attached hydrogen (secondary N) is 1. The Balaban J connectivity index is 2.17. The Hall–Kier alpha value is -1.60. The van der Waals surface area contributed by atoms with Crippen LogP contribution < -0.4 is 5.32 Å². The number of thiazole rings is 1. The molecule has 0 bridgehead atoms. The van der Waals surface area contributed by atoms with Crippen LogP contribution >= 0.6 is 23.1 Å². The normalized spacial score (nSPS) is 12.2. The number of carbonyl (C=O) groups is 2. The molecule has 20 heavy (non-hydrogen) atoms. The number of carboxylic acids is 1. The smallest absolute Gasteiger partial charge is 0.305 e. The first-order chi connectivity index (χ1) is 9.60. The molecule has 0 aliphatic rings. The molecule has 106 valence electrons. The van der Waals surface area contributed by atoms with E-state index in [-0.39, 0.29) is 12.3 Å². The molecule has 0 saturated carbocycles. The Morgan fingerprint density at radius 3 is 2.85 bits per heavy atom. The fraction of sp³-hybridized carbons (Fsp3) is 0.308. The number of rotatable bonds is 6. The van der Waals surface area contributed by atoms with Crippen LogP contribution in [0.5, 0.6) is 0 Å². The molecule has 0 aliphatic heterocycles. The molecule has 7 heteroatoms. The van der Waals surface area contributed by atoms with Gasteiger partial charge in [0.2, 0.25) is 5.91 Å². The van der Waals surface area contributed by atoms with Crippen molar-refractivity contribution >= 4 is 45.2 Å². The highest BCUT2D eigenvalue weighted by Crippen LogP contribution is 2.33. The molecule has 1 aromatic carbocycles. The maximum absolute atomic E-state index is 11.9. The number of thioether (sulfide) groups is 1. The summed E-state index contributed by atoms with van der Waals surface area (Å²) < 4.78 is 1.74. The molecule has 5 nitrogen and oxygen atoms in total. The number of fused-ring (bicyclic) bond motifs is 1. The van der Waals surface area contributed by atoms with Crippen LogP contribution in [0.1, 0.15) is 13.3 Å². The third-order valence-corrected chi connectivity index (χ3v) is 4.85. The van der Waals surface area contributed by atoms with Gasteiger partial charge in [0.1, 0.15) is 5.25 Å². The SMILES string of the molecule is CCNC(=O)C(CC(=O)O)Sc1nc2ccccc2s1. The Kier molecular flexibility index (Phi) is 4.97. The highest BCUT2D eigenvalue weighted by molar-refractivity contribution is 8.02. The maximum atomic E-state index is 11.9. The van der Waals surface area contributed by atoms with Gasteiger partial charge >= 0.3 is 5.97 Å². The first kappa shape index (κ1) is 14.8. The molecule has 2 aromatic rings. The number of carbonyl (C=O) groups excluding carboxylic acids is 1. The summed E-state index contributed by atoms with van der Waals surface area (Å²) in [7, 11) is 0. The third kappa shape index (κ3) is 3.71. The van der Waals surface area contributed by atoms with Gasteiger partial charge in [-0.05, 0) is 19.1 Å². The van der Waals surface area contributed by atoms with E-state index in [1.807, 2.05) is 24.3 Å². The van der Waals surface area contributed by atoms with Crippen LogP contribution in [0.2, 0.25) is 0 Å². The summed E-state index contributed by atoms with van der Waals surface area (Å²) in [4.78, 5) is 27.2. The summed E-state index contributed by atoms with van der Waals surface area (Å²) in [5.41, 5.74) is 0.866. The molecule has 1 atom stereocenters. The number of amides is 1. The minimum absolute atomic E-state index is 0.216. The number of hydrogen-bond acceptors (Lipinski definition) is 5. The molecule has 1 heterocycles. The average molecular weight is 310 g/mol. The minimum atomic E-state index is -0.991. The summed E-state index contributed by atoms with van der Waals surface area (Å²) in [5, 5.41) is 10.9. The largest absolute Gasteiger partial charge is 0.481 e. The van der Waals surface area contributed by atoms with Gasteiger partial charge in [0.05, 0.1) is 16.6 Å². The highest BCUT2D eigenvalue weighted by atomic mass is 32.2. The van der Waals surface area contributed by atoms with Crippen LogP contribution in [0.15, 0.2) is 28.6 Å². The fourth-order valence-electron chi connectivity index (χ4n) is 1.66. The number of benzene rings is 1. The van der Waals surface area contributed by atoms with Crippen molar-refractivity contribution in [2.45, 2.75) is 22.9 Å². The predicted octanol–water partition coefficient (Wildman–Crippen LogP) is 2.37. The molecular weight excluding hydrogens is 296 g/mol. The fourth-order valence-corrected chi connectivity index (χ4v) is 3.98. The molecule has 1 amide bonds. The molecule has 0 radical (unpaired) electrons. The third-order valence-electron chi connectivity index (χ3n) is 2.52. The van der Waals surface area contributed by atoms with Crippen molar-refractivity contribution in [2.24, 2.45) is 0 Å². The Bertz CT molecular complexity index is 594. The lowest BCUT2D eigenvalue weighted by molar-refractivity contribution is -0.138. The molecular formula is C13H14N2O3S2. The van der Waals surface area contributed by atoms with E-state index >= 15 is 0 Å². The number of aromatic nitrogens is 1. The van der Waals surface area contributed by atoms with Crippen LogP contribution in [0, 0.1) is 0 Å². The Labute approximate surface area is 124 Å². The monoisotopic (exact) mass is 310 g/mol. The molecule has 1 unspecified atom stereocenters. The van der Waals surface area contributed by atoms with Crippen LogP contribution in [-0.2, 0) is 9.59 Å². The number of hydrogen-bond donors (Lipinski definition) is 2. The first-order valence-electron chi connectivity index (χ1n) is 6.12. The molecule has 1 aromatic heterocycles. The van der Waals surface area contributed by atoms with Crippen LogP contribution in [0.4, 0.5) is 0 Å². The van der Waals surface area contributed by atoms with Crippen molar-refractivity contribution in [1.82, 2.24) is 10.3 Å². The quantitative estimate of drug-likeness (QED) is 0.801. The molecule has 0 fully saturated rings. The van der Waals surface area contributed by atoms with Gasteiger partial charge in [-0.3, -0.25) is 9.59 Å². The van der Waals surface area contributed by atoms with Crippen LogP contribution in [0.3, 0.4) is 0 Å². The maximum Gasteiger partial charge on any atom is 0.305 e. The van der Waals surface area contributed by atoms with E-state index in [0.29, 0.717) is 10.9 Å². The number of para-hydroxylation sites is 1. The van der Waals surface area contributed by atoms with Crippen molar-refractivity contribution in [1.29, 1.82) is 0 Å². The van der Waals surface area contributed by atoms with E-state index in [0.717, 1.165) is 10.2 Å². The van der Waals surface area contributed by atoms with Crippen molar-refractivity contribution in [3.05, 3.63) is 24.3 Å². The van der Waals surface area contributed by atoms with Crippen molar-refractivity contribution in [3.63, 3.8) is 0 Å². The van der Waals surface area contributed by atoms with Gasteiger partial charge in [0.25, 0.3) is 0 Å². The number of carboxylic acid groups (broad SMARTS) is 1. The number of nitrogens with zero attached hydrogens (tertiary/aromatic N) is 1. The first-order valence-corrected chi connectivity index (χ1v) is 7.81. The van der Waals surface area contributed by atoms with Crippen molar-refractivity contribution < 1.29 is 14.7 Å². The Morgan fingerprint density at radius 1 is 1.45 bits per heavy atom. The lowest BCUT2D eigenvalue weighted by Crippen LogP contribution is -2.33. The van der Waals surface area contributed by atoms with E-state index in [1.165, 1.54) is 23.1 Å². The molecule has 0 spiro atoms. The minimum Gasteiger partial charge on any atom is -0.481 e. The van der Waals surface area contributed by atoms with Gasteiger partial charge in [-0.1, -0.05) is 23.9 Å². The van der Waals surface area contributed by atoms with Crippen LogP contribution in [0.25, 0.3) is 10.2 Å². The zero-order chi connectivity index (χ0) is 14.5. The van der Waals surface area contributed by atoms with Gasteiger partial charge in [-0.25, -0.2) is 4.98 Å². The van der Waals surface area contributed by atoms with Gasteiger partial charge in [0.15, 0.2) is 4.34 Å². The van der Waals surface area contributed by atoms with E-state index < -0.39 is 11.2 Å². The van der Waals surface area contributed by atoms with E-state index in [2.05, 4.69) is 10.3 Å². The summed E-state index contributed by atoms with van der Waals surface area (Å²) >= 11 is 2.67. The van der Waals surface area contributed by atoms with E-state index in [4.69, 9.17) is 5.11 Å². The van der Waals surface area contributed by atoms with E-state index in [1.54, 1.807) is 6.92 Å². The second kappa shape index (κ2) is 6.71. The summed E-state index contributed by atoms with van der Waals surface area (Å²) in [5.74, 6) is -1.26. The topological polar surface area (TPSA) is 79.3 Å². The second-order valence-corrected chi connectivity index (χ2v) is 6.53. The van der Waals surface area contributed by atoms with Crippen LogP contribution in [-0.4, -0.2) is 33.8 Å². The zero-order valence-electron chi connectivity index (χ0n) is 10.8. The molecule has 2 rings (SSSR count). The predicted molar refractivity (Wildman–Crippen MR) is 80.2 cm³/mol. The van der Waals surface area contributed by atoms with Gasteiger partial charge in [0, 0.05) is 6.54 Å². The van der Waals surface area contributed by atoms with Gasteiger partial charge < -0.3 is 10.4 Å². The lowest BCUT2D eigenvalue weighted by atomic mass is 10.3. The van der Waals surface area contributed by atoms with E-state index in [9.17, 15) is 9.59 Å². The van der Waals surface area contributed by atoms with Crippen molar-refractivity contribution in [2.75, 3.05) is 6.54 Å². The summed E-state index contributed by atoms with van der Waals surface area (Å²) in [6, 6.07) is 7.67. The molecule has 2 N–H and O–H groups in total. The molecule has 0 aliphatic carbocycles. The average Bonchev–Trinajstić information content (AvgIpc) is 2.80. The highest BCUT2D eigenvalue weighted by Gasteiger charge is 2.24. The second-order valence-electron chi connectivity index (χ2n) is 4.05.